The maximum absolute atomic E-state index is 5.47. The summed E-state index contributed by atoms with van der Waals surface area (Å²) in [5.41, 5.74) is 0. The number of alkyl halides is 1. The van der Waals surface area contributed by atoms with Gasteiger partial charge >= 0.3 is 0 Å². The number of rotatable bonds is 3. The van der Waals surface area contributed by atoms with Gasteiger partial charge in [-0.3, -0.25) is 0 Å². The highest BCUT2D eigenvalue weighted by molar-refractivity contribution is 7.07. The second-order valence-electron chi connectivity index (χ2n) is 1.54. The van der Waals surface area contributed by atoms with Crippen molar-refractivity contribution in [3.8, 4) is 5.19 Å². The Hall–Kier alpha value is -0.350. The first-order valence-corrected chi connectivity index (χ1v) is 4.19. The van der Waals surface area contributed by atoms with Crippen molar-refractivity contribution in [2.45, 2.75) is 12.8 Å². The first-order valence-electron chi connectivity index (χ1n) is 2.88. The third kappa shape index (κ3) is 1.82. The van der Waals surface area contributed by atoms with Crippen molar-refractivity contribution in [1.29, 1.82) is 0 Å². The summed E-state index contributed by atoms with van der Waals surface area (Å²) in [5.74, 6) is 0.985. The van der Waals surface area contributed by atoms with Crippen LogP contribution in [-0.4, -0.2) is 16.0 Å². The maximum Gasteiger partial charge on any atom is 0.293 e. The molecule has 1 aromatic heterocycles. The average molecular weight is 179 g/mol. The van der Waals surface area contributed by atoms with Crippen LogP contribution < -0.4 is 4.74 Å². The highest BCUT2D eigenvalue weighted by atomic mass is 35.5. The molecule has 0 N–H and O–H groups in total. The first-order chi connectivity index (χ1) is 4.86. The van der Waals surface area contributed by atoms with Crippen LogP contribution in [0.2, 0.25) is 0 Å². The van der Waals surface area contributed by atoms with Gasteiger partial charge in [0.1, 0.15) is 0 Å². The van der Waals surface area contributed by atoms with Crippen LogP contribution in [0.1, 0.15) is 12.7 Å². The molecular formula is C5H7ClN2OS. The van der Waals surface area contributed by atoms with E-state index < -0.39 is 0 Å². The van der Waals surface area contributed by atoms with Crippen LogP contribution in [-0.2, 0) is 5.88 Å². The van der Waals surface area contributed by atoms with Crippen LogP contribution >= 0.6 is 23.1 Å². The molecule has 0 unspecified atom stereocenters. The van der Waals surface area contributed by atoms with Gasteiger partial charge in [-0.2, -0.15) is 9.36 Å². The molecule has 1 heterocycles. The Labute approximate surface area is 68.2 Å². The summed E-state index contributed by atoms with van der Waals surface area (Å²) >= 11 is 6.70. The highest BCUT2D eigenvalue weighted by Crippen LogP contribution is 2.14. The van der Waals surface area contributed by atoms with E-state index in [1.54, 1.807) is 0 Å². The summed E-state index contributed by atoms with van der Waals surface area (Å²) in [6.45, 7) is 2.53. The minimum atomic E-state index is 0.351. The Bertz CT molecular complexity index is 203. The zero-order valence-corrected chi connectivity index (χ0v) is 7.08. The summed E-state index contributed by atoms with van der Waals surface area (Å²) < 4.78 is 9.00. The van der Waals surface area contributed by atoms with Crippen LogP contribution in [0, 0.1) is 0 Å². The standard InChI is InChI=1S/C5H7ClN2OS/c1-2-9-5-7-4(3-6)8-10-5/h2-3H2,1H3. The van der Waals surface area contributed by atoms with Gasteiger partial charge in [0.25, 0.3) is 5.19 Å². The molecule has 0 aliphatic carbocycles. The summed E-state index contributed by atoms with van der Waals surface area (Å²) in [6.07, 6.45) is 0. The van der Waals surface area contributed by atoms with Crippen molar-refractivity contribution in [2.24, 2.45) is 0 Å². The zero-order chi connectivity index (χ0) is 7.40. The molecule has 10 heavy (non-hydrogen) atoms. The zero-order valence-electron chi connectivity index (χ0n) is 5.50. The fourth-order valence-electron chi connectivity index (χ4n) is 0.474. The Morgan fingerprint density at radius 2 is 2.50 bits per heavy atom. The van der Waals surface area contributed by atoms with Gasteiger partial charge in [0.2, 0.25) is 0 Å². The molecule has 0 atom stereocenters. The third-order valence-corrected chi connectivity index (χ3v) is 1.74. The lowest BCUT2D eigenvalue weighted by Crippen LogP contribution is -1.90. The normalized spacial score (nSPS) is 9.80. The second-order valence-corrected chi connectivity index (χ2v) is 2.52. The summed E-state index contributed by atoms with van der Waals surface area (Å²) in [7, 11) is 0. The largest absolute Gasteiger partial charge is 0.469 e. The molecule has 0 aliphatic rings. The number of hydrogen-bond acceptors (Lipinski definition) is 4. The number of ether oxygens (including phenoxy) is 1. The highest BCUT2D eigenvalue weighted by Gasteiger charge is 2.00. The lowest BCUT2D eigenvalue weighted by Gasteiger charge is -1.91. The Morgan fingerprint density at radius 1 is 1.70 bits per heavy atom. The van der Waals surface area contributed by atoms with E-state index in [-0.39, 0.29) is 0 Å². The van der Waals surface area contributed by atoms with E-state index in [2.05, 4.69) is 9.36 Å². The molecule has 0 saturated heterocycles. The van der Waals surface area contributed by atoms with Gasteiger partial charge in [0.15, 0.2) is 5.82 Å². The molecule has 1 aromatic rings. The van der Waals surface area contributed by atoms with E-state index in [1.165, 1.54) is 11.5 Å². The summed E-state index contributed by atoms with van der Waals surface area (Å²) in [4.78, 5) is 3.97. The monoisotopic (exact) mass is 178 g/mol. The molecule has 56 valence electrons. The van der Waals surface area contributed by atoms with Crippen LogP contribution in [0.5, 0.6) is 5.19 Å². The van der Waals surface area contributed by atoms with Crippen LogP contribution in [0.4, 0.5) is 0 Å². The molecule has 5 heteroatoms. The van der Waals surface area contributed by atoms with Gasteiger partial charge in [-0.1, -0.05) is 0 Å². The molecule has 0 fully saturated rings. The number of aromatic nitrogens is 2. The molecule has 3 nitrogen and oxygen atoms in total. The minimum Gasteiger partial charge on any atom is -0.469 e. The number of halogens is 1. The topological polar surface area (TPSA) is 35.0 Å². The van der Waals surface area contributed by atoms with Gasteiger partial charge in [-0.25, -0.2) is 0 Å². The molecule has 0 aliphatic heterocycles. The second kappa shape index (κ2) is 3.73. The van der Waals surface area contributed by atoms with E-state index in [0.29, 0.717) is 23.5 Å². The quantitative estimate of drug-likeness (QED) is 0.661. The smallest absolute Gasteiger partial charge is 0.293 e. The molecule has 0 bridgehead atoms. The summed E-state index contributed by atoms with van der Waals surface area (Å²) in [6, 6.07) is 0. The predicted octanol–water partition coefficient (Wildman–Crippen LogP) is 1.68. The Morgan fingerprint density at radius 3 is 3.00 bits per heavy atom. The Kier molecular flexibility index (Phi) is 2.89. The van der Waals surface area contributed by atoms with E-state index in [1.807, 2.05) is 6.92 Å². The van der Waals surface area contributed by atoms with E-state index in [9.17, 15) is 0 Å². The van der Waals surface area contributed by atoms with E-state index >= 15 is 0 Å². The lowest BCUT2D eigenvalue weighted by atomic mass is 10.7. The van der Waals surface area contributed by atoms with Crippen molar-refractivity contribution in [3.63, 3.8) is 0 Å². The van der Waals surface area contributed by atoms with Crippen LogP contribution in [0.3, 0.4) is 0 Å². The van der Waals surface area contributed by atoms with Gasteiger partial charge in [-0.15, -0.1) is 11.6 Å². The van der Waals surface area contributed by atoms with Crippen molar-refractivity contribution < 1.29 is 4.74 Å². The van der Waals surface area contributed by atoms with Crippen molar-refractivity contribution in [2.75, 3.05) is 6.61 Å². The minimum absolute atomic E-state index is 0.351. The van der Waals surface area contributed by atoms with Gasteiger partial charge in [0.05, 0.1) is 12.5 Å². The van der Waals surface area contributed by atoms with E-state index in [0.717, 1.165) is 0 Å². The molecule has 0 spiro atoms. The van der Waals surface area contributed by atoms with E-state index in [4.69, 9.17) is 16.3 Å². The first kappa shape index (κ1) is 7.75. The molecule has 0 saturated carbocycles. The van der Waals surface area contributed by atoms with Crippen LogP contribution in [0.15, 0.2) is 0 Å². The molecule has 0 radical (unpaired) electrons. The van der Waals surface area contributed by atoms with Crippen molar-refractivity contribution >= 4 is 23.1 Å². The molecule has 0 amide bonds. The lowest BCUT2D eigenvalue weighted by molar-refractivity contribution is 0.337. The van der Waals surface area contributed by atoms with Crippen LogP contribution in [0.25, 0.3) is 0 Å². The molecule has 0 aromatic carbocycles. The van der Waals surface area contributed by atoms with Crippen molar-refractivity contribution in [1.82, 2.24) is 9.36 Å². The SMILES string of the molecule is CCOc1nc(CCl)ns1. The average Bonchev–Trinajstić information content (AvgIpc) is 2.37. The number of nitrogens with zero attached hydrogens (tertiary/aromatic N) is 2. The van der Waals surface area contributed by atoms with Crippen molar-refractivity contribution in [3.05, 3.63) is 5.82 Å². The Balaban J connectivity index is 2.59. The fraction of sp³-hybridized carbons (Fsp3) is 0.600. The number of hydrogen-bond donors (Lipinski definition) is 0. The molecule has 1 rings (SSSR count). The fourth-order valence-corrected chi connectivity index (χ4v) is 1.27. The maximum atomic E-state index is 5.47. The molecular weight excluding hydrogens is 172 g/mol. The van der Waals surface area contributed by atoms with Gasteiger partial charge < -0.3 is 4.74 Å². The van der Waals surface area contributed by atoms with Gasteiger partial charge in [-0.05, 0) is 6.92 Å². The predicted molar refractivity (Wildman–Crippen MR) is 40.6 cm³/mol. The third-order valence-electron chi connectivity index (χ3n) is 0.837. The van der Waals surface area contributed by atoms with Gasteiger partial charge in [0, 0.05) is 11.5 Å². The summed E-state index contributed by atoms with van der Waals surface area (Å²) in [5, 5.41) is 0.596.